The molecule has 0 spiro atoms. The largest absolute Gasteiger partial charge is 0.356 e. The van der Waals surface area contributed by atoms with Crippen molar-refractivity contribution in [3.63, 3.8) is 0 Å². The van der Waals surface area contributed by atoms with Crippen molar-refractivity contribution >= 4 is 22.2 Å². The summed E-state index contributed by atoms with van der Waals surface area (Å²) in [5.74, 6) is 0.855. The van der Waals surface area contributed by atoms with E-state index in [1.165, 1.54) is 22.5 Å². The Morgan fingerprint density at radius 3 is 2.68 bits per heavy atom. The summed E-state index contributed by atoms with van der Waals surface area (Å²) in [4.78, 5) is 12.7. The number of fused-ring (bicyclic) bond motifs is 1. The number of carbonyl (C=O) groups is 1. The van der Waals surface area contributed by atoms with Crippen LogP contribution in [0.25, 0.3) is 4.96 Å². The smallest absolute Gasteiger partial charge is 0.234 e. The molecule has 1 N–H and O–H groups in total. The molecule has 0 saturated carbocycles. The summed E-state index contributed by atoms with van der Waals surface area (Å²) in [5, 5.41) is 16.3. The van der Waals surface area contributed by atoms with Gasteiger partial charge in [0.1, 0.15) is 5.01 Å². The fraction of sp³-hybridized carbons (Fsp3) is 0.444. The average molecular weight is 357 g/mol. The predicted octanol–water partition coefficient (Wildman–Crippen LogP) is 2.87. The van der Waals surface area contributed by atoms with Crippen molar-refractivity contribution in [2.75, 3.05) is 6.54 Å². The number of rotatable bonds is 8. The van der Waals surface area contributed by atoms with Gasteiger partial charge in [0.25, 0.3) is 0 Å². The zero-order valence-corrected chi connectivity index (χ0v) is 15.5. The van der Waals surface area contributed by atoms with Crippen LogP contribution in [-0.4, -0.2) is 32.3 Å². The van der Waals surface area contributed by atoms with Gasteiger partial charge in [-0.2, -0.15) is 9.61 Å². The Hall–Kier alpha value is -2.28. The van der Waals surface area contributed by atoms with Crippen molar-refractivity contribution in [1.82, 2.24) is 25.1 Å². The van der Waals surface area contributed by atoms with Gasteiger partial charge in [0.05, 0.1) is 0 Å². The maximum Gasteiger partial charge on any atom is 0.234 e. The van der Waals surface area contributed by atoms with Gasteiger partial charge in [-0.05, 0) is 38.7 Å². The molecule has 0 atom stereocenters. The van der Waals surface area contributed by atoms with Crippen LogP contribution in [0.2, 0.25) is 0 Å². The Labute approximate surface area is 151 Å². The molecule has 2 heterocycles. The Bertz CT molecular complexity index is 837. The van der Waals surface area contributed by atoms with Crippen LogP contribution in [0.15, 0.2) is 24.3 Å². The maximum atomic E-state index is 11.9. The highest BCUT2D eigenvalue weighted by Gasteiger charge is 2.10. The van der Waals surface area contributed by atoms with Crippen LogP contribution >= 0.6 is 11.3 Å². The summed E-state index contributed by atoms with van der Waals surface area (Å²) in [6.45, 7) is 4.70. The summed E-state index contributed by atoms with van der Waals surface area (Å²) in [6, 6.07) is 8.64. The number of unbranched alkanes of at least 4 members (excludes halogenated alkanes) is 1. The van der Waals surface area contributed by atoms with Crippen LogP contribution < -0.4 is 5.32 Å². The van der Waals surface area contributed by atoms with Gasteiger partial charge < -0.3 is 5.32 Å². The fourth-order valence-electron chi connectivity index (χ4n) is 2.60. The van der Waals surface area contributed by atoms with Crippen LogP contribution in [-0.2, 0) is 17.6 Å². The average Bonchev–Trinajstić information content (AvgIpc) is 3.16. The Balaban J connectivity index is 1.32. The van der Waals surface area contributed by atoms with E-state index in [0.29, 0.717) is 12.8 Å². The SMILES string of the molecule is Cc1ccc(CCCCNC(=O)CCc2nn3c(C)nnc3s2)cc1. The molecule has 0 radical (unpaired) electrons. The molecule has 0 aliphatic heterocycles. The van der Waals surface area contributed by atoms with Crippen LogP contribution in [0.5, 0.6) is 0 Å². The predicted molar refractivity (Wildman–Crippen MR) is 98.8 cm³/mol. The lowest BCUT2D eigenvalue weighted by atomic mass is 10.1. The molecule has 0 saturated heterocycles. The lowest BCUT2D eigenvalue weighted by molar-refractivity contribution is -0.121. The summed E-state index contributed by atoms with van der Waals surface area (Å²) in [5.41, 5.74) is 2.64. The van der Waals surface area contributed by atoms with Crippen molar-refractivity contribution in [3.05, 3.63) is 46.2 Å². The van der Waals surface area contributed by atoms with E-state index in [0.717, 1.165) is 41.6 Å². The van der Waals surface area contributed by atoms with E-state index >= 15 is 0 Å². The normalized spacial score (nSPS) is 11.1. The highest BCUT2D eigenvalue weighted by molar-refractivity contribution is 7.16. The molecule has 0 unspecified atom stereocenters. The van der Waals surface area contributed by atoms with Crippen LogP contribution in [0, 0.1) is 13.8 Å². The van der Waals surface area contributed by atoms with Gasteiger partial charge >= 0.3 is 0 Å². The molecule has 2 aromatic heterocycles. The van der Waals surface area contributed by atoms with Crippen molar-refractivity contribution in [2.45, 2.75) is 46.0 Å². The van der Waals surface area contributed by atoms with Gasteiger partial charge in [0, 0.05) is 19.4 Å². The Kier molecular flexibility index (Phi) is 5.75. The third kappa shape index (κ3) is 4.85. The number of aromatic nitrogens is 4. The molecule has 1 aromatic carbocycles. The molecule has 0 aliphatic carbocycles. The molecule has 7 heteroatoms. The fourth-order valence-corrected chi connectivity index (χ4v) is 3.48. The number of nitrogens with zero attached hydrogens (tertiary/aromatic N) is 4. The second kappa shape index (κ2) is 8.20. The first-order valence-corrected chi connectivity index (χ1v) is 9.43. The minimum Gasteiger partial charge on any atom is -0.356 e. The third-order valence-corrected chi connectivity index (χ3v) is 5.05. The second-order valence-electron chi connectivity index (χ2n) is 6.23. The lowest BCUT2D eigenvalue weighted by Crippen LogP contribution is -2.24. The second-order valence-corrected chi connectivity index (χ2v) is 7.27. The first-order valence-electron chi connectivity index (χ1n) is 8.62. The number of amides is 1. The van der Waals surface area contributed by atoms with Crippen molar-refractivity contribution in [1.29, 1.82) is 0 Å². The molecule has 0 fully saturated rings. The van der Waals surface area contributed by atoms with Crippen LogP contribution in [0.3, 0.4) is 0 Å². The summed E-state index contributed by atoms with van der Waals surface area (Å²) < 4.78 is 1.73. The van der Waals surface area contributed by atoms with E-state index in [-0.39, 0.29) is 5.91 Å². The standard InChI is InChI=1S/C18H23N5OS/c1-13-6-8-15(9-7-13)5-3-4-12-19-16(24)10-11-17-22-23-14(2)20-21-18(23)25-17/h6-9H,3-5,10-12H2,1-2H3,(H,19,24). The van der Waals surface area contributed by atoms with Gasteiger partial charge in [0.2, 0.25) is 10.9 Å². The third-order valence-electron chi connectivity index (χ3n) is 4.09. The summed E-state index contributed by atoms with van der Waals surface area (Å²) in [7, 11) is 0. The molecule has 25 heavy (non-hydrogen) atoms. The monoisotopic (exact) mass is 357 g/mol. The van der Waals surface area contributed by atoms with Crippen molar-refractivity contribution in [2.24, 2.45) is 0 Å². The van der Waals surface area contributed by atoms with Crippen LogP contribution in [0.1, 0.15) is 41.2 Å². The highest BCUT2D eigenvalue weighted by Crippen LogP contribution is 2.15. The van der Waals surface area contributed by atoms with Crippen molar-refractivity contribution < 1.29 is 4.79 Å². The quantitative estimate of drug-likeness (QED) is 0.629. The number of nitrogens with one attached hydrogen (secondary N) is 1. The zero-order chi connectivity index (χ0) is 17.6. The van der Waals surface area contributed by atoms with E-state index in [2.05, 4.69) is 51.8 Å². The van der Waals surface area contributed by atoms with E-state index in [4.69, 9.17) is 0 Å². The molecule has 1 amide bonds. The molecular formula is C18H23N5OS. The van der Waals surface area contributed by atoms with Gasteiger partial charge in [-0.15, -0.1) is 10.2 Å². The summed E-state index contributed by atoms with van der Waals surface area (Å²) >= 11 is 1.49. The van der Waals surface area contributed by atoms with E-state index in [1.54, 1.807) is 4.52 Å². The number of carbonyl (C=O) groups excluding carboxylic acids is 1. The first-order chi connectivity index (χ1) is 12.1. The van der Waals surface area contributed by atoms with E-state index in [1.807, 2.05) is 6.92 Å². The van der Waals surface area contributed by atoms with Gasteiger partial charge in [-0.3, -0.25) is 4.79 Å². The van der Waals surface area contributed by atoms with Crippen LogP contribution in [0.4, 0.5) is 0 Å². The van der Waals surface area contributed by atoms with E-state index < -0.39 is 0 Å². The Morgan fingerprint density at radius 2 is 1.92 bits per heavy atom. The minimum absolute atomic E-state index is 0.0815. The number of hydrogen-bond acceptors (Lipinski definition) is 5. The van der Waals surface area contributed by atoms with E-state index in [9.17, 15) is 4.79 Å². The number of hydrogen-bond donors (Lipinski definition) is 1. The molecule has 132 valence electrons. The zero-order valence-electron chi connectivity index (χ0n) is 14.7. The van der Waals surface area contributed by atoms with Gasteiger partial charge in [0.15, 0.2) is 5.82 Å². The molecule has 0 bridgehead atoms. The molecule has 0 aliphatic rings. The number of benzene rings is 1. The maximum absolute atomic E-state index is 11.9. The molecule has 3 aromatic rings. The molecule has 6 nitrogen and oxygen atoms in total. The highest BCUT2D eigenvalue weighted by atomic mass is 32.1. The molecule has 3 rings (SSSR count). The summed E-state index contributed by atoms with van der Waals surface area (Å²) in [6.07, 6.45) is 4.24. The molecular weight excluding hydrogens is 334 g/mol. The number of aryl methyl sites for hydroxylation is 4. The lowest BCUT2D eigenvalue weighted by Gasteiger charge is -2.05. The minimum atomic E-state index is 0.0815. The van der Waals surface area contributed by atoms with Gasteiger partial charge in [-0.1, -0.05) is 41.2 Å². The Morgan fingerprint density at radius 1 is 1.12 bits per heavy atom. The first kappa shape index (κ1) is 17.5. The van der Waals surface area contributed by atoms with Crippen molar-refractivity contribution in [3.8, 4) is 0 Å². The topological polar surface area (TPSA) is 72.2 Å². The van der Waals surface area contributed by atoms with Gasteiger partial charge in [-0.25, -0.2) is 0 Å².